The third-order valence-corrected chi connectivity index (χ3v) is 15.6. The van der Waals surface area contributed by atoms with E-state index in [2.05, 4.69) is 46.9 Å². The number of benzene rings is 6. The number of hydrogen-bond donors (Lipinski definition) is 12. The van der Waals surface area contributed by atoms with Crippen LogP contribution < -0.4 is 46.1 Å². The van der Waals surface area contributed by atoms with Crippen LogP contribution in [0.2, 0.25) is 0 Å². The molecule has 9 aromatic rings. The predicted octanol–water partition coefficient (Wildman–Crippen LogP) is 7.68. The van der Waals surface area contributed by atoms with Crippen LogP contribution in [0.4, 0.5) is 17.1 Å². The fourth-order valence-corrected chi connectivity index (χ4v) is 11.1. The molecule has 12 N–H and O–H groups in total. The van der Waals surface area contributed by atoms with E-state index < -0.39 is 96.7 Å². The van der Waals surface area contributed by atoms with Crippen molar-refractivity contribution in [1.82, 2.24) is 30.9 Å². The minimum absolute atomic E-state index is 0.167. The number of H-pyrrole nitrogens is 3. The van der Waals surface area contributed by atoms with Gasteiger partial charge in [-0.1, -0.05) is 36.4 Å². The maximum Gasteiger partial charge on any atom is 0.305 e. The number of carboxylic acid groups (broad SMARTS) is 3. The summed E-state index contributed by atoms with van der Waals surface area (Å²) in [4.78, 5) is 128. The Morgan fingerprint density at radius 3 is 0.868 bits per heavy atom. The molecule has 91 heavy (non-hydrogen) atoms. The van der Waals surface area contributed by atoms with Crippen LogP contribution in [0.3, 0.4) is 0 Å². The predicted molar refractivity (Wildman–Crippen MR) is 339 cm³/mol. The van der Waals surface area contributed by atoms with Crippen LogP contribution in [0.5, 0.6) is 17.2 Å². The SMILES string of the molecule is COc1ccc2[nH]c(C)c(CC(=O)N[C@@H](CC(=O)O)C(=O)Nc3ccc(C(c4ccc(NC(=O)[C@H](CC(=O)O)NC(=O)Cc5c(C)[nH]c6ccc(OC)cc56)cc4)c4ccc(NC(=O)[C@H](CC(=O)O)NC(=O)Cc5c(C)[nH]c6ccc(OC)cc56)cc4)cc3)c2c1. The number of aryl methyl sites for hydroxylation is 3. The van der Waals surface area contributed by atoms with Crippen LogP contribution >= 0.6 is 0 Å². The van der Waals surface area contributed by atoms with E-state index in [4.69, 9.17) is 14.2 Å². The first-order valence-corrected chi connectivity index (χ1v) is 28.8. The Kier molecular flexibility index (Phi) is 19.8. The lowest BCUT2D eigenvalue weighted by Gasteiger charge is -2.22. The van der Waals surface area contributed by atoms with E-state index in [1.54, 1.807) is 130 Å². The molecule has 0 spiro atoms. The highest BCUT2D eigenvalue weighted by atomic mass is 16.5. The molecule has 24 nitrogen and oxygen atoms in total. The first-order chi connectivity index (χ1) is 43.6. The lowest BCUT2D eigenvalue weighted by molar-refractivity contribution is -0.140. The van der Waals surface area contributed by atoms with Gasteiger partial charge in [0.25, 0.3) is 0 Å². The first-order valence-electron chi connectivity index (χ1n) is 28.8. The summed E-state index contributed by atoms with van der Waals surface area (Å²) in [5, 5.41) is 47.6. The van der Waals surface area contributed by atoms with Crippen molar-refractivity contribution in [3.8, 4) is 17.2 Å². The molecule has 470 valence electrons. The van der Waals surface area contributed by atoms with E-state index in [1.807, 2.05) is 18.2 Å². The molecule has 6 amide bonds. The number of nitrogens with one attached hydrogen (secondary N) is 9. The molecule has 0 fully saturated rings. The number of hydrogen-bond acceptors (Lipinski definition) is 12. The number of carbonyl (C=O) groups is 9. The second-order valence-corrected chi connectivity index (χ2v) is 21.9. The van der Waals surface area contributed by atoms with Gasteiger partial charge < -0.3 is 76.4 Å². The fourth-order valence-electron chi connectivity index (χ4n) is 11.1. The molecular weight excluding hydrogens is 1170 g/mol. The number of aliphatic carboxylic acids is 3. The molecule has 0 bridgehead atoms. The van der Waals surface area contributed by atoms with Gasteiger partial charge in [0.2, 0.25) is 35.4 Å². The zero-order valence-corrected chi connectivity index (χ0v) is 50.4. The molecule has 0 unspecified atom stereocenters. The number of methoxy groups -OCH3 is 3. The molecule has 9 rings (SSSR count). The quantitative estimate of drug-likeness (QED) is 0.0220. The highest BCUT2D eigenvalue weighted by molar-refractivity contribution is 6.03. The van der Waals surface area contributed by atoms with Crippen LogP contribution in [-0.4, -0.2) is 123 Å². The summed E-state index contributed by atoms with van der Waals surface area (Å²) in [7, 11) is 4.56. The van der Waals surface area contributed by atoms with Gasteiger partial charge in [0.15, 0.2) is 0 Å². The third-order valence-electron chi connectivity index (χ3n) is 15.6. The average Bonchev–Trinajstić information content (AvgIpc) is 1.88. The Labute approximate surface area is 520 Å². The smallest absolute Gasteiger partial charge is 0.305 e. The Morgan fingerprint density at radius 1 is 0.385 bits per heavy atom. The summed E-state index contributed by atoms with van der Waals surface area (Å²) in [6.45, 7) is 5.39. The maximum absolute atomic E-state index is 13.8. The second kappa shape index (κ2) is 28.2. The van der Waals surface area contributed by atoms with E-state index in [0.29, 0.717) is 67.7 Å². The van der Waals surface area contributed by atoms with Crippen LogP contribution in [0.1, 0.15) is 75.6 Å². The topological polar surface area (TPSA) is 362 Å². The van der Waals surface area contributed by atoms with Crippen molar-refractivity contribution >= 4 is 103 Å². The minimum atomic E-state index is -1.47. The number of carbonyl (C=O) groups excluding carboxylic acids is 6. The van der Waals surface area contributed by atoms with E-state index in [9.17, 15) is 58.5 Å². The van der Waals surface area contributed by atoms with Gasteiger partial charge in [-0.05, 0) is 145 Å². The number of ether oxygens (including phenoxy) is 3. The Bertz CT molecular complexity index is 3830. The molecule has 0 aliphatic heterocycles. The highest BCUT2D eigenvalue weighted by Gasteiger charge is 2.29. The Balaban J connectivity index is 0.938. The zero-order valence-electron chi connectivity index (χ0n) is 50.4. The molecule has 6 aromatic carbocycles. The third kappa shape index (κ3) is 15.6. The van der Waals surface area contributed by atoms with Gasteiger partial charge in [0.05, 0.1) is 59.9 Å². The van der Waals surface area contributed by atoms with Crippen LogP contribution in [0.15, 0.2) is 127 Å². The van der Waals surface area contributed by atoms with Crippen molar-refractivity contribution in [3.05, 3.63) is 178 Å². The fraction of sp³-hybridized carbons (Fsp3) is 0.239. The summed E-state index contributed by atoms with van der Waals surface area (Å²) in [6, 6.07) is 31.5. The van der Waals surface area contributed by atoms with E-state index >= 15 is 0 Å². The standard InChI is InChI=1S/C67H67N9O15/c1-34-46(49-25-43(89-4)19-22-52(49)68-34)28-58(77)74-55(31-61(80)81)65(86)71-40-13-7-37(8-14-40)64(38-9-15-41(16-10-38)72-66(87)56(32-62(82)83)75-59(78)29-47-35(2)69-53-23-20-44(90-5)26-50(47)53)39-11-17-42(18-12-39)73-67(88)57(33-63(84)85)76-60(79)30-48-36(3)70-54-24-21-45(91-6)27-51(48)54/h7-27,55-57,64,68-70H,28-33H2,1-6H3,(H,71,86)(H,72,87)(H,73,88)(H,74,77)(H,75,78)(H,76,79)(H,80,81)(H,82,83)(H,84,85)/t55-,56-,57-/m0/s1. The molecule has 0 saturated carbocycles. The van der Waals surface area contributed by atoms with Gasteiger partial charge in [0.1, 0.15) is 35.4 Å². The maximum atomic E-state index is 13.8. The minimum Gasteiger partial charge on any atom is -0.497 e. The van der Waals surface area contributed by atoms with Crippen LogP contribution in [-0.2, 0) is 62.4 Å². The van der Waals surface area contributed by atoms with Gasteiger partial charge in [-0.15, -0.1) is 0 Å². The molecule has 0 saturated heterocycles. The molecule has 0 aliphatic rings. The van der Waals surface area contributed by atoms with Gasteiger partial charge in [0, 0.05) is 72.8 Å². The first kappa shape index (κ1) is 64.1. The van der Waals surface area contributed by atoms with Crippen molar-refractivity contribution in [2.24, 2.45) is 0 Å². The van der Waals surface area contributed by atoms with Gasteiger partial charge in [-0.3, -0.25) is 43.2 Å². The van der Waals surface area contributed by atoms with Crippen molar-refractivity contribution in [3.63, 3.8) is 0 Å². The number of fused-ring (bicyclic) bond motifs is 3. The Morgan fingerprint density at radius 2 is 0.637 bits per heavy atom. The van der Waals surface area contributed by atoms with E-state index in [1.165, 1.54) is 21.3 Å². The number of anilines is 3. The van der Waals surface area contributed by atoms with Crippen LogP contribution in [0.25, 0.3) is 32.7 Å². The van der Waals surface area contributed by atoms with Crippen LogP contribution in [0, 0.1) is 20.8 Å². The number of aromatic amines is 3. The number of carboxylic acids is 3. The molecule has 0 radical (unpaired) electrons. The summed E-state index contributed by atoms with van der Waals surface area (Å²) in [5.41, 5.74) is 9.06. The summed E-state index contributed by atoms with van der Waals surface area (Å²) < 4.78 is 16.1. The molecule has 3 atom stereocenters. The lowest BCUT2D eigenvalue weighted by atomic mass is 9.85. The average molecular weight is 1240 g/mol. The lowest BCUT2D eigenvalue weighted by Crippen LogP contribution is -2.45. The summed E-state index contributed by atoms with van der Waals surface area (Å²) in [6.07, 6.45) is -2.67. The van der Waals surface area contributed by atoms with Crippen molar-refractivity contribution in [2.45, 2.75) is 83.3 Å². The van der Waals surface area contributed by atoms with Gasteiger partial charge in [-0.25, -0.2) is 0 Å². The largest absolute Gasteiger partial charge is 0.497 e. The van der Waals surface area contributed by atoms with E-state index in [-0.39, 0.29) is 36.3 Å². The summed E-state index contributed by atoms with van der Waals surface area (Å²) in [5.74, 6) is -7.05. The number of aromatic nitrogens is 3. The highest BCUT2D eigenvalue weighted by Crippen LogP contribution is 2.35. The van der Waals surface area contributed by atoms with Crippen molar-refractivity contribution in [1.29, 1.82) is 0 Å². The monoisotopic (exact) mass is 1240 g/mol. The zero-order chi connectivity index (χ0) is 65.2. The van der Waals surface area contributed by atoms with Crippen molar-refractivity contribution in [2.75, 3.05) is 37.3 Å². The number of rotatable bonds is 27. The normalized spacial score (nSPS) is 12.2. The molecule has 24 heteroatoms. The Hall–Kier alpha value is -11.4. The second-order valence-electron chi connectivity index (χ2n) is 21.9. The van der Waals surface area contributed by atoms with Gasteiger partial charge >= 0.3 is 17.9 Å². The number of amides is 6. The summed E-state index contributed by atoms with van der Waals surface area (Å²) >= 11 is 0. The molecule has 3 aromatic heterocycles. The molecule has 3 heterocycles. The van der Waals surface area contributed by atoms with Crippen molar-refractivity contribution < 1.29 is 72.7 Å². The van der Waals surface area contributed by atoms with E-state index in [0.717, 1.165) is 32.7 Å². The molecule has 0 aliphatic carbocycles. The van der Waals surface area contributed by atoms with Gasteiger partial charge in [-0.2, -0.15) is 0 Å². The molecular formula is C67H67N9O15.